The van der Waals surface area contributed by atoms with Crippen LogP contribution in [0.3, 0.4) is 0 Å². The van der Waals surface area contributed by atoms with Crippen molar-refractivity contribution in [3.05, 3.63) is 46.3 Å². The number of hydrogen-bond acceptors (Lipinski definition) is 4. The van der Waals surface area contributed by atoms with Crippen LogP contribution in [0, 0.1) is 18.3 Å². The summed E-state index contributed by atoms with van der Waals surface area (Å²) in [7, 11) is 0. The number of nitrogens with one attached hydrogen (secondary N) is 1. The van der Waals surface area contributed by atoms with Crippen molar-refractivity contribution in [2.75, 3.05) is 5.32 Å². The number of nitrogens with zero attached hydrogens (tertiary/aromatic N) is 1. The molecule has 0 saturated heterocycles. The van der Waals surface area contributed by atoms with Crippen LogP contribution in [0.25, 0.3) is 0 Å². The standard InChI is InChI=1S/C16H16N2S2/c1-10-4-3-5-14(13(10)9-17)18-15-8-11(2)20-16-12(15)6-7-19-16/h3-7,11,15,18H,8H2,1-2H3/t11-,15?/m0/s1. The van der Waals surface area contributed by atoms with Crippen molar-refractivity contribution in [2.45, 2.75) is 35.8 Å². The Morgan fingerprint density at radius 1 is 1.35 bits per heavy atom. The molecule has 0 aliphatic carbocycles. The van der Waals surface area contributed by atoms with E-state index in [1.54, 1.807) is 0 Å². The summed E-state index contributed by atoms with van der Waals surface area (Å²) in [6.45, 7) is 4.25. The number of rotatable bonds is 2. The SMILES string of the molecule is Cc1cccc(NC2C[C@H](C)Sc3sccc32)c1C#N. The van der Waals surface area contributed by atoms with Gasteiger partial charge in [0.2, 0.25) is 0 Å². The van der Waals surface area contributed by atoms with E-state index in [-0.39, 0.29) is 0 Å². The molecule has 20 heavy (non-hydrogen) atoms. The highest BCUT2D eigenvalue weighted by atomic mass is 32.2. The Labute approximate surface area is 127 Å². The summed E-state index contributed by atoms with van der Waals surface area (Å²) in [6.07, 6.45) is 1.09. The van der Waals surface area contributed by atoms with Gasteiger partial charge >= 0.3 is 0 Å². The normalized spacial score (nSPS) is 21.1. The van der Waals surface area contributed by atoms with Crippen molar-refractivity contribution >= 4 is 28.8 Å². The molecule has 1 aliphatic heterocycles. The van der Waals surface area contributed by atoms with Gasteiger partial charge in [0.1, 0.15) is 6.07 Å². The molecule has 1 unspecified atom stereocenters. The molecule has 102 valence electrons. The number of fused-ring (bicyclic) bond motifs is 1. The van der Waals surface area contributed by atoms with E-state index < -0.39 is 0 Å². The maximum absolute atomic E-state index is 9.34. The summed E-state index contributed by atoms with van der Waals surface area (Å²) in [4.78, 5) is 0. The minimum Gasteiger partial charge on any atom is -0.377 e. The first-order chi connectivity index (χ1) is 9.69. The minimum atomic E-state index is 0.307. The van der Waals surface area contributed by atoms with Crippen LogP contribution in [0.2, 0.25) is 0 Å². The van der Waals surface area contributed by atoms with Gasteiger partial charge in [0.15, 0.2) is 0 Å². The van der Waals surface area contributed by atoms with Crippen LogP contribution < -0.4 is 5.32 Å². The van der Waals surface area contributed by atoms with Crippen LogP contribution in [0.5, 0.6) is 0 Å². The number of benzene rings is 1. The van der Waals surface area contributed by atoms with Crippen molar-refractivity contribution in [1.82, 2.24) is 0 Å². The molecule has 2 aromatic rings. The molecule has 3 rings (SSSR count). The Balaban J connectivity index is 1.94. The summed E-state index contributed by atoms with van der Waals surface area (Å²) in [5.41, 5.74) is 4.12. The molecule has 0 radical (unpaired) electrons. The molecule has 0 spiro atoms. The van der Waals surface area contributed by atoms with E-state index in [2.05, 4.69) is 29.8 Å². The molecule has 1 aliphatic rings. The average molecular weight is 300 g/mol. The molecule has 4 heteroatoms. The first-order valence-corrected chi connectivity index (χ1v) is 8.45. The zero-order chi connectivity index (χ0) is 14.1. The molecule has 1 aromatic heterocycles. The van der Waals surface area contributed by atoms with Gasteiger partial charge in [-0.15, -0.1) is 23.1 Å². The molecule has 1 aromatic carbocycles. The fraction of sp³-hybridized carbons (Fsp3) is 0.312. The van der Waals surface area contributed by atoms with E-state index in [1.807, 2.05) is 48.2 Å². The molecular formula is C16H16N2S2. The zero-order valence-corrected chi connectivity index (χ0v) is 13.1. The molecule has 0 fully saturated rings. The maximum atomic E-state index is 9.34. The Morgan fingerprint density at radius 2 is 2.20 bits per heavy atom. The molecular weight excluding hydrogens is 284 g/mol. The van der Waals surface area contributed by atoms with Crippen LogP contribution >= 0.6 is 23.1 Å². The first kappa shape index (κ1) is 13.5. The molecule has 2 atom stereocenters. The van der Waals surface area contributed by atoms with Gasteiger partial charge in [0.25, 0.3) is 0 Å². The second kappa shape index (κ2) is 5.51. The minimum absolute atomic E-state index is 0.307. The molecule has 2 heterocycles. The number of nitriles is 1. The second-order valence-electron chi connectivity index (χ2n) is 5.13. The van der Waals surface area contributed by atoms with E-state index in [0.29, 0.717) is 11.3 Å². The third-order valence-corrected chi connectivity index (χ3v) is 5.97. The summed E-state index contributed by atoms with van der Waals surface area (Å²) in [6, 6.07) is 10.8. The van der Waals surface area contributed by atoms with Gasteiger partial charge in [-0.2, -0.15) is 5.26 Å². The van der Waals surface area contributed by atoms with Crippen LogP contribution in [0.4, 0.5) is 5.69 Å². The smallest absolute Gasteiger partial charge is 0.102 e. The monoisotopic (exact) mass is 300 g/mol. The summed E-state index contributed by atoms with van der Waals surface area (Å²) in [5.74, 6) is 0. The zero-order valence-electron chi connectivity index (χ0n) is 11.5. The maximum Gasteiger partial charge on any atom is 0.102 e. The van der Waals surface area contributed by atoms with Gasteiger partial charge in [-0.05, 0) is 42.0 Å². The van der Waals surface area contributed by atoms with Crippen LogP contribution in [-0.2, 0) is 0 Å². The summed E-state index contributed by atoms with van der Waals surface area (Å²) in [5, 5.41) is 15.7. The largest absolute Gasteiger partial charge is 0.377 e. The average Bonchev–Trinajstić information content (AvgIpc) is 2.87. The van der Waals surface area contributed by atoms with Crippen LogP contribution in [0.1, 0.15) is 36.1 Å². The van der Waals surface area contributed by atoms with Crippen LogP contribution in [-0.4, -0.2) is 5.25 Å². The lowest BCUT2D eigenvalue weighted by atomic mass is 10.0. The fourth-order valence-electron chi connectivity index (χ4n) is 2.61. The number of aryl methyl sites for hydroxylation is 1. The van der Waals surface area contributed by atoms with Crippen LogP contribution in [0.15, 0.2) is 33.9 Å². The van der Waals surface area contributed by atoms with E-state index in [4.69, 9.17) is 0 Å². The predicted octanol–water partition coefficient (Wildman–Crippen LogP) is 4.97. The highest BCUT2D eigenvalue weighted by Gasteiger charge is 2.26. The first-order valence-electron chi connectivity index (χ1n) is 6.69. The molecule has 0 bridgehead atoms. The van der Waals surface area contributed by atoms with E-state index in [0.717, 1.165) is 23.2 Å². The molecule has 2 nitrogen and oxygen atoms in total. The summed E-state index contributed by atoms with van der Waals surface area (Å²) >= 11 is 3.77. The Kier molecular flexibility index (Phi) is 3.73. The topological polar surface area (TPSA) is 35.8 Å². The van der Waals surface area contributed by atoms with E-state index in [1.165, 1.54) is 9.77 Å². The third kappa shape index (κ3) is 2.44. The Morgan fingerprint density at radius 3 is 3.00 bits per heavy atom. The fourth-order valence-corrected chi connectivity index (χ4v) is 5.18. The van der Waals surface area contributed by atoms with Gasteiger partial charge in [-0.25, -0.2) is 0 Å². The lowest BCUT2D eigenvalue weighted by Gasteiger charge is -2.28. The summed E-state index contributed by atoms with van der Waals surface area (Å²) < 4.78 is 1.41. The van der Waals surface area contributed by atoms with Crippen molar-refractivity contribution in [3.63, 3.8) is 0 Å². The van der Waals surface area contributed by atoms with Crippen molar-refractivity contribution in [3.8, 4) is 6.07 Å². The highest BCUT2D eigenvalue weighted by molar-refractivity contribution is 8.01. The Hall–Kier alpha value is -1.44. The lowest BCUT2D eigenvalue weighted by Crippen LogP contribution is -2.19. The molecule has 1 N–H and O–H groups in total. The van der Waals surface area contributed by atoms with Crippen molar-refractivity contribution < 1.29 is 0 Å². The predicted molar refractivity (Wildman–Crippen MR) is 86.5 cm³/mol. The lowest BCUT2D eigenvalue weighted by molar-refractivity contribution is 0.669. The Bertz CT molecular complexity index is 669. The number of thioether (sulfide) groups is 1. The third-order valence-electron chi connectivity index (χ3n) is 3.62. The molecule has 0 amide bonds. The van der Waals surface area contributed by atoms with Gasteiger partial charge in [0.05, 0.1) is 21.5 Å². The van der Waals surface area contributed by atoms with E-state index in [9.17, 15) is 5.26 Å². The van der Waals surface area contributed by atoms with Gasteiger partial charge in [0, 0.05) is 5.25 Å². The van der Waals surface area contributed by atoms with Crippen molar-refractivity contribution in [1.29, 1.82) is 5.26 Å². The van der Waals surface area contributed by atoms with Gasteiger partial charge in [-0.1, -0.05) is 19.1 Å². The van der Waals surface area contributed by atoms with Crippen molar-refractivity contribution in [2.24, 2.45) is 0 Å². The van der Waals surface area contributed by atoms with Gasteiger partial charge in [-0.3, -0.25) is 0 Å². The molecule has 0 saturated carbocycles. The van der Waals surface area contributed by atoms with E-state index >= 15 is 0 Å². The number of hydrogen-bond donors (Lipinski definition) is 1. The number of anilines is 1. The van der Waals surface area contributed by atoms with Gasteiger partial charge < -0.3 is 5.32 Å². The number of thiophene rings is 1. The quantitative estimate of drug-likeness (QED) is 0.851. The highest BCUT2D eigenvalue weighted by Crippen LogP contribution is 2.45. The second-order valence-corrected chi connectivity index (χ2v) is 7.76.